The lowest BCUT2D eigenvalue weighted by Crippen LogP contribution is -2.53. The maximum atomic E-state index is 13.1. The second-order valence-electron chi connectivity index (χ2n) is 17.1. The first-order valence-corrected chi connectivity index (χ1v) is 24.9. The number of nitrogens with one attached hydrogen (secondary N) is 4. The number of aliphatic hydroxyl groups excluding tert-OH is 2. The van der Waals surface area contributed by atoms with Gasteiger partial charge in [-0.2, -0.15) is 0 Å². The standard InChI is InChI=1S/C51H76N6O18/c1-37(2)48(50(65)53-38(3)49(64)54-42-7-5-39(6-8-42)36-75-51(66)56(4)43-32-40(34-58)31-41(33-43)35-59)55-45(61)12-15-67-17-19-69-21-23-71-25-27-73-29-30-74-28-26-72-24-22-70-20-18-68-16-13-52-44(60)11-14-57-46(62)9-10-47(57)63/h5-10,31-33,37-38,48,58-59H,11-30,34-36H2,1-4H3,(H,52,60)(H,53,65)(H,54,64)(H,55,61)/t38-,48-/m0/s1. The molecular weight excluding hydrogens is 985 g/mol. The topological polar surface area (TPSA) is 298 Å². The van der Waals surface area contributed by atoms with E-state index in [1.54, 1.807) is 56.3 Å². The van der Waals surface area contributed by atoms with Gasteiger partial charge in [0.2, 0.25) is 23.6 Å². The molecule has 0 bridgehead atoms. The van der Waals surface area contributed by atoms with E-state index in [1.807, 2.05) is 0 Å². The molecule has 2 atom stereocenters. The summed E-state index contributed by atoms with van der Waals surface area (Å²) >= 11 is 0. The van der Waals surface area contributed by atoms with Gasteiger partial charge in [-0.15, -0.1) is 0 Å². The van der Waals surface area contributed by atoms with Gasteiger partial charge < -0.3 is 74.1 Å². The van der Waals surface area contributed by atoms with Gasteiger partial charge >= 0.3 is 6.09 Å². The smallest absolute Gasteiger partial charge is 0.414 e. The molecule has 0 radical (unpaired) electrons. The summed E-state index contributed by atoms with van der Waals surface area (Å²) in [4.78, 5) is 88.6. The number of hydrogen-bond acceptors (Lipinski definition) is 18. The van der Waals surface area contributed by atoms with Crippen LogP contribution in [0.4, 0.5) is 16.2 Å². The molecule has 2 aromatic rings. The zero-order chi connectivity index (χ0) is 54.6. The number of ether oxygens (including phenoxy) is 9. The van der Waals surface area contributed by atoms with Crippen LogP contribution in [-0.4, -0.2) is 195 Å². The van der Waals surface area contributed by atoms with Gasteiger partial charge in [0.05, 0.1) is 119 Å². The van der Waals surface area contributed by atoms with E-state index in [-0.39, 0.29) is 70.2 Å². The Balaban J connectivity index is 1.09. The summed E-state index contributed by atoms with van der Waals surface area (Å²) in [5.41, 5.74) is 2.64. The highest BCUT2D eigenvalue weighted by Gasteiger charge is 2.27. The second kappa shape index (κ2) is 37.7. The highest BCUT2D eigenvalue weighted by molar-refractivity contribution is 6.13. The van der Waals surface area contributed by atoms with Crippen molar-refractivity contribution in [1.29, 1.82) is 0 Å². The van der Waals surface area contributed by atoms with E-state index in [9.17, 15) is 43.8 Å². The van der Waals surface area contributed by atoms with Crippen molar-refractivity contribution in [2.24, 2.45) is 5.92 Å². The van der Waals surface area contributed by atoms with Gasteiger partial charge in [0, 0.05) is 56.5 Å². The monoisotopic (exact) mass is 1060 g/mol. The van der Waals surface area contributed by atoms with Crippen LogP contribution < -0.4 is 26.2 Å². The molecule has 6 N–H and O–H groups in total. The molecule has 24 nitrogen and oxygen atoms in total. The van der Waals surface area contributed by atoms with Crippen molar-refractivity contribution >= 4 is 52.9 Å². The van der Waals surface area contributed by atoms with Crippen LogP contribution in [0.3, 0.4) is 0 Å². The van der Waals surface area contributed by atoms with E-state index in [4.69, 9.17) is 42.6 Å². The third kappa shape index (κ3) is 26.9. The molecule has 0 fully saturated rings. The molecule has 0 aliphatic carbocycles. The Morgan fingerprint density at radius 2 is 1.04 bits per heavy atom. The van der Waals surface area contributed by atoms with Crippen molar-refractivity contribution in [2.75, 3.05) is 136 Å². The average Bonchev–Trinajstić information content (AvgIpc) is 3.73. The number of carbonyl (C=O) groups excluding carboxylic acids is 7. The number of anilines is 2. The number of amides is 7. The van der Waals surface area contributed by atoms with Crippen molar-refractivity contribution < 1.29 is 86.4 Å². The van der Waals surface area contributed by atoms with Crippen LogP contribution >= 0.6 is 0 Å². The highest BCUT2D eigenvalue weighted by Crippen LogP contribution is 2.20. The zero-order valence-corrected chi connectivity index (χ0v) is 43.5. The van der Waals surface area contributed by atoms with E-state index in [0.717, 1.165) is 4.90 Å². The molecule has 0 saturated carbocycles. The van der Waals surface area contributed by atoms with Gasteiger partial charge in [0.25, 0.3) is 11.8 Å². The van der Waals surface area contributed by atoms with Crippen LogP contribution in [0.1, 0.15) is 50.3 Å². The first kappa shape index (κ1) is 63.4. The minimum atomic E-state index is -0.932. The molecule has 0 saturated heterocycles. The van der Waals surface area contributed by atoms with E-state index in [1.165, 1.54) is 31.0 Å². The lowest BCUT2D eigenvalue weighted by atomic mass is 10.0. The molecule has 2 aromatic carbocycles. The Morgan fingerprint density at radius 1 is 0.573 bits per heavy atom. The fraction of sp³-hybridized carbons (Fsp3) is 0.588. The number of rotatable bonds is 41. The molecule has 1 heterocycles. The van der Waals surface area contributed by atoms with Gasteiger partial charge in [0.15, 0.2) is 0 Å². The lowest BCUT2D eigenvalue weighted by molar-refractivity contribution is -0.137. The minimum absolute atomic E-state index is 0.0180. The summed E-state index contributed by atoms with van der Waals surface area (Å²) in [5, 5.41) is 29.8. The predicted octanol–water partition coefficient (Wildman–Crippen LogP) is 0.982. The van der Waals surface area contributed by atoms with Crippen molar-refractivity contribution in [3.63, 3.8) is 0 Å². The van der Waals surface area contributed by atoms with Crippen LogP contribution in [0.15, 0.2) is 54.6 Å². The number of nitrogens with zero attached hydrogens (tertiary/aromatic N) is 2. The molecule has 1 aliphatic rings. The van der Waals surface area contributed by atoms with Gasteiger partial charge in [-0.05, 0) is 53.8 Å². The van der Waals surface area contributed by atoms with Gasteiger partial charge in [0.1, 0.15) is 18.7 Å². The van der Waals surface area contributed by atoms with Crippen LogP contribution in [0.25, 0.3) is 0 Å². The number of hydrogen-bond donors (Lipinski definition) is 6. The Morgan fingerprint density at radius 3 is 1.51 bits per heavy atom. The molecule has 75 heavy (non-hydrogen) atoms. The maximum absolute atomic E-state index is 13.1. The number of aliphatic hydroxyl groups is 2. The third-order valence-corrected chi connectivity index (χ3v) is 10.8. The third-order valence-electron chi connectivity index (χ3n) is 10.8. The number of carbonyl (C=O) groups is 7. The summed E-state index contributed by atoms with van der Waals surface area (Å²) in [6.07, 6.45) is 1.77. The molecule has 0 unspecified atom stereocenters. The zero-order valence-electron chi connectivity index (χ0n) is 43.5. The van der Waals surface area contributed by atoms with Gasteiger partial charge in [-0.1, -0.05) is 32.0 Å². The highest BCUT2D eigenvalue weighted by atomic mass is 16.6. The van der Waals surface area contributed by atoms with Crippen LogP contribution in [0.2, 0.25) is 0 Å². The van der Waals surface area contributed by atoms with E-state index >= 15 is 0 Å². The van der Waals surface area contributed by atoms with Crippen molar-refractivity contribution in [3.8, 4) is 0 Å². The van der Waals surface area contributed by atoms with Crippen molar-refractivity contribution in [1.82, 2.24) is 20.9 Å². The molecule has 0 aromatic heterocycles. The van der Waals surface area contributed by atoms with Crippen LogP contribution in [0, 0.1) is 5.92 Å². The average molecular weight is 1060 g/mol. The lowest BCUT2D eigenvalue weighted by Gasteiger charge is -2.24. The van der Waals surface area contributed by atoms with Gasteiger partial charge in [-0.25, -0.2) is 4.79 Å². The molecule has 1 aliphatic heterocycles. The van der Waals surface area contributed by atoms with Crippen molar-refractivity contribution in [3.05, 3.63) is 71.3 Å². The number of benzene rings is 2. The summed E-state index contributed by atoms with van der Waals surface area (Å²) < 4.78 is 49.2. The molecule has 3 rings (SSSR count). The Labute approximate surface area is 437 Å². The predicted molar refractivity (Wildman–Crippen MR) is 271 cm³/mol. The Kier molecular flexibility index (Phi) is 31.9. The van der Waals surface area contributed by atoms with Crippen LogP contribution in [-0.2, 0) is 91.2 Å². The largest absolute Gasteiger partial charge is 0.444 e. The Bertz CT molecular complexity index is 2040. The molecule has 0 spiro atoms. The van der Waals surface area contributed by atoms with Crippen molar-refractivity contribution in [2.45, 2.75) is 65.5 Å². The Hall–Kier alpha value is -5.93. The van der Waals surface area contributed by atoms with E-state index < -0.39 is 41.8 Å². The SMILES string of the molecule is CC(C)[C@H](NC(=O)CCOCCOCCOCCOCCOCCOCCOCCOCCNC(=O)CCN1C(=O)C=CC1=O)C(=O)N[C@@H](C)C(=O)Nc1ccc(COC(=O)N(C)c2cc(CO)cc(CO)c2)cc1. The minimum Gasteiger partial charge on any atom is -0.444 e. The summed E-state index contributed by atoms with van der Waals surface area (Å²) in [7, 11) is 1.52. The molecule has 418 valence electrons. The second-order valence-corrected chi connectivity index (χ2v) is 17.1. The first-order valence-electron chi connectivity index (χ1n) is 24.9. The molecule has 7 amide bonds. The molecular formula is C51H76N6O18. The molecule has 24 heteroatoms. The summed E-state index contributed by atoms with van der Waals surface area (Å²) in [6, 6.07) is 9.67. The van der Waals surface area contributed by atoms with Crippen LogP contribution in [0.5, 0.6) is 0 Å². The maximum Gasteiger partial charge on any atom is 0.414 e. The van der Waals surface area contributed by atoms with E-state index in [0.29, 0.717) is 127 Å². The van der Waals surface area contributed by atoms with E-state index in [2.05, 4.69) is 21.3 Å². The van der Waals surface area contributed by atoms with Gasteiger partial charge in [-0.3, -0.25) is 38.6 Å². The summed E-state index contributed by atoms with van der Waals surface area (Å²) in [5.74, 6) is -2.75. The number of imide groups is 1. The first-order chi connectivity index (χ1) is 36.2. The normalized spacial score (nSPS) is 13.0. The quantitative estimate of drug-likeness (QED) is 0.0400. The fourth-order valence-electron chi connectivity index (χ4n) is 6.57. The fourth-order valence-corrected chi connectivity index (χ4v) is 6.57. The summed E-state index contributed by atoms with van der Waals surface area (Å²) in [6.45, 7) is 10.6.